The highest BCUT2D eigenvalue weighted by Crippen LogP contribution is 2.36. The van der Waals surface area contributed by atoms with Gasteiger partial charge < -0.3 is 9.47 Å². The van der Waals surface area contributed by atoms with E-state index in [-0.39, 0.29) is 30.9 Å². The number of hydrogen-bond acceptors (Lipinski definition) is 5. The number of anilines is 1. The molecule has 2 saturated heterocycles. The first kappa shape index (κ1) is 23.8. The number of halogens is 3. The van der Waals surface area contributed by atoms with E-state index in [0.717, 1.165) is 12.1 Å². The van der Waals surface area contributed by atoms with Crippen molar-refractivity contribution in [1.29, 1.82) is 0 Å². The fraction of sp³-hybridized carbons (Fsp3) is 0.417. The van der Waals surface area contributed by atoms with Gasteiger partial charge in [-0.1, -0.05) is 30.3 Å². The van der Waals surface area contributed by atoms with Gasteiger partial charge in [0.15, 0.2) is 0 Å². The number of piperidine rings is 1. The predicted octanol–water partition coefficient (Wildman–Crippen LogP) is 4.01. The molecule has 186 valence electrons. The van der Waals surface area contributed by atoms with Gasteiger partial charge in [-0.15, -0.1) is 10.2 Å². The molecule has 2 aliphatic rings. The molecule has 5 rings (SSSR count). The Morgan fingerprint density at radius 1 is 0.971 bits per heavy atom. The van der Waals surface area contributed by atoms with Crippen molar-refractivity contribution in [3.8, 4) is 0 Å². The molecule has 0 spiro atoms. The normalized spacial score (nSPS) is 25.0. The summed E-state index contributed by atoms with van der Waals surface area (Å²) in [4.78, 5) is 1.48. The van der Waals surface area contributed by atoms with Crippen LogP contribution in [0.15, 0.2) is 55.1 Å². The number of hydrogen-bond donors (Lipinski definition) is 0. The summed E-state index contributed by atoms with van der Waals surface area (Å²) in [5, 5.41) is 6.69. The minimum Gasteiger partial charge on any atom is -0.366 e. The molecular weight excluding hydrogens is 479 g/mol. The Bertz CT molecular complexity index is 1270. The van der Waals surface area contributed by atoms with E-state index in [2.05, 4.69) is 10.2 Å². The van der Waals surface area contributed by atoms with E-state index < -0.39 is 39.1 Å². The average Bonchev–Trinajstić information content (AvgIpc) is 3.37. The van der Waals surface area contributed by atoms with Crippen LogP contribution in [0.3, 0.4) is 0 Å². The Labute approximate surface area is 202 Å². The number of alkyl halides is 1. The van der Waals surface area contributed by atoms with Gasteiger partial charge in [0, 0.05) is 31.3 Å². The maximum atomic E-state index is 15.1. The fourth-order valence-electron chi connectivity index (χ4n) is 5.04. The summed E-state index contributed by atoms with van der Waals surface area (Å²) in [6, 6.07) is 10.5. The van der Waals surface area contributed by atoms with Gasteiger partial charge in [-0.25, -0.2) is 21.6 Å². The molecule has 3 aromatic rings. The molecule has 7 nitrogen and oxygen atoms in total. The summed E-state index contributed by atoms with van der Waals surface area (Å²) >= 11 is 0. The monoisotopic (exact) mass is 505 g/mol. The van der Waals surface area contributed by atoms with Crippen molar-refractivity contribution in [2.75, 3.05) is 24.5 Å². The smallest absolute Gasteiger partial charge is 0.221 e. The Hall–Kier alpha value is -2.92. The van der Waals surface area contributed by atoms with Gasteiger partial charge in [-0.3, -0.25) is 0 Å². The quantitative estimate of drug-likeness (QED) is 0.524. The zero-order valence-electron chi connectivity index (χ0n) is 19.0. The maximum Gasteiger partial charge on any atom is 0.221 e. The molecule has 0 radical (unpaired) electrons. The second-order valence-corrected chi connectivity index (χ2v) is 11.2. The number of benzene rings is 2. The van der Waals surface area contributed by atoms with Crippen molar-refractivity contribution in [2.24, 2.45) is 0 Å². The fourth-order valence-corrected chi connectivity index (χ4v) is 7.07. The zero-order chi connectivity index (χ0) is 24.6. The summed E-state index contributed by atoms with van der Waals surface area (Å²) in [5.74, 6) is -1.42. The SMILES string of the molecule is O=S1(=O)[C@@H](c2ccccc2)CCCN1Cc1cc(F)c(N2CC[C@H](n3cnnc3)[C@H](F)C2)cc1F. The Morgan fingerprint density at radius 2 is 1.71 bits per heavy atom. The van der Waals surface area contributed by atoms with Crippen molar-refractivity contribution < 1.29 is 21.6 Å². The van der Waals surface area contributed by atoms with Gasteiger partial charge in [0.05, 0.1) is 18.3 Å². The number of rotatable bonds is 5. The average molecular weight is 506 g/mol. The molecule has 0 saturated carbocycles. The first-order valence-corrected chi connectivity index (χ1v) is 13.1. The van der Waals surface area contributed by atoms with E-state index in [0.29, 0.717) is 31.4 Å². The zero-order valence-corrected chi connectivity index (χ0v) is 19.8. The lowest BCUT2D eigenvalue weighted by Crippen LogP contribution is -2.43. The minimum atomic E-state index is -3.74. The molecule has 1 aromatic heterocycles. The third kappa shape index (κ3) is 4.66. The lowest BCUT2D eigenvalue weighted by Gasteiger charge is -2.36. The number of nitrogens with zero attached hydrogens (tertiary/aromatic N) is 5. The minimum absolute atomic E-state index is 0.0280. The number of aromatic nitrogens is 3. The molecule has 0 amide bonds. The second kappa shape index (κ2) is 9.62. The Morgan fingerprint density at radius 3 is 2.43 bits per heavy atom. The molecule has 3 heterocycles. The summed E-state index contributed by atoms with van der Waals surface area (Å²) < 4.78 is 74.3. The maximum absolute atomic E-state index is 15.1. The van der Waals surface area contributed by atoms with Crippen LogP contribution < -0.4 is 4.90 Å². The van der Waals surface area contributed by atoms with Crippen molar-refractivity contribution in [2.45, 2.75) is 43.3 Å². The molecule has 2 aliphatic heterocycles. The Kier molecular flexibility index (Phi) is 6.54. The molecular formula is C24H26F3N5O2S. The molecule has 35 heavy (non-hydrogen) atoms. The van der Waals surface area contributed by atoms with Crippen molar-refractivity contribution in [3.63, 3.8) is 0 Å². The molecule has 2 aromatic carbocycles. The molecule has 0 unspecified atom stereocenters. The Balaban J connectivity index is 1.33. The van der Waals surface area contributed by atoms with Gasteiger partial charge in [-0.2, -0.15) is 4.31 Å². The van der Waals surface area contributed by atoms with Gasteiger partial charge in [0.2, 0.25) is 10.0 Å². The van der Waals surface area contributed by atoms with Crippen molar-refractivity contribution >= 4 is 15.7 Å². The lowest BCUT2D eigenvalue weighted by molar-refractivity contribution is 0.199. The van der Waals surface area contributed by atoms with Crippen LogP contribution in [0.2, 0.25) is 0 Å². The molecule has 11 heteroatoms. The van der Waals surface area contributed by atoms with Crippen LogP contribution in [0.4, 0.5) is 18.9 Å². The van der Waals surface area contributed by atoms with E-state index in [1.54, 1.807) is 28.8 Å². The second-order valence-electron chi connectivity index (χ2n) is 9.04. The van der Waals surface area contributed by atoms with Gasteiger partial charge in [0.1, 0.15) is 35.7 Å². The largest absolute Gasteiger partial charge is 0.366 e. The van der Waals surface area contributed by atoms with Crippen molar-refractivity contribution in [3.05, 3.63) is 77.9 Å². The molecule has 2 fully saturated rings. The summed E-state index contributed by atoms with van der Waals surface area (Å²) in [6.45, 7) is 0.223. The van der Waals surface area contributed by atoms with E-state index in [9.17, 15) is 12.8 Å². The number of sulfonamides is 1. The predicted molar refractivity (Wildman–Crippen MR) is 125 cm³/mol. The summed E-state index contributed by atoms with van der Waals surface area (Å²) in [6.07, 6.45) is 3.07. The third-order valence-electron chi connectivity index (χ3n) is 6.89. The van der Waals surface area contributed by atoms with Crippen LogP contribution in [0.1, 0.15) is 41.7 Å². The van der Waals surface area contributed by atoms with Crippen LogP contribution >= 0.6 is 0 Å². The standard InChI is InChI=1S/C24H26F3N5O2S/c25-19-12-23(30-10-8-22(21(27)14-30)31-15-28-29-16-31)20(26)11-18(19)13-32-9-4-7-24(35(32,33)34)17-5-2-1-3-6-17/h1-3,5-6,11-12,15-16,21-22,24H,4,7-10,13-14H2/t21-,22+,24-/m1/s1. The highest BCUT2D eigenvalue weighted by atomic mass is 32.2. The third-order valence-corrected chi connectivity index (χ3v) is 9.15. The van der Waals surface area contributed by atoms with E-state index in [1.807, 2.05) is 6.07 Å². The molecule has 0 aliphatic carbocycles. The molecule has 3 atom stereocenters. The highest BCUT2D eigenvalue weighted by molar-refractivity contribution is 7.89. The van der Waals surface area contributed by atoms with Crippen LogP contribution in [-0.2, 0) is 16.6 Å². The van der Waals surface area contributed by atoms with Crippen molar-refractivity contribution in [1.82, 2.24) is 19.1 Å². The first-order valence-electron chi connectivity index (χ1n) is 11.6. The van der Waals surface area contributed by atoms with Gasteiger partial charge >= 0.3 is 0 Å². The molecule has 0 bridgehead atoms. The first-order chi connectivity index (χ1) is 16.8. The molecule has 0 N–H and O–H groups in total. The van der Waals surface area contributed by atoms with Gasteiger partial charge in [-0.05, 0) is 30.9 Å². The van der Waals surface area contributed by atoms with E-state index >= 15 is 8.78 Å². The van der Waals surface area contributed by atoms with Crippen LogP contribution in [0, 0.1) is 11.6 Å². The summed E-state index contributed by atoms with van der Waals surface area (Å²) in [7, 11) is -3.74. The van der Waals surface area contributed by atoms with E-state index in [1.165, 1.54) is 21.9 Å². The van der Waals surface area contributed by atoms with Crippen LogP contribution in [-0.4, -0.2) is 53.3 Å². The van der Waals surface area contributed by atoms with Crippen LogP contribution in [0.25, 0.3) is 0 Å². The topological polar surface area (TPSA) is 71.3 Å². The highest BCUT2D eigenvalue weighted by Gasteiger charge is 2.37. The van der Waals surface area contributed by atoms with E-state index in [4.69, 9.17) is 0 Å². The summed E-state index contributed by atoms with van der Waals surface area (Å²) in [5.41, 5.74) is 0.620. The lowest BCUT2D eigenvalue weighted by atomic mass is 10.0. The van der Waals surface area contributed by atoms with Crippen LogP contribution in [0.5, 0.6) is 0 Å². The van der Waals surface area contributed by atoms with Gasteiger partial charge in [0.25, 0.3) is 0 Å².